The Balaban J connectivity index is 1.81. The molecule has 0 aliphatic heterocycles. The number of anilines is 3. The van der Waals surface area contributed by atoms with E-state index in [1.54, 1.807) is 12.4 Å². The van der Waals surface area contributed by atoms with E-state index in [0.717, 1.165) is 27.1 Å². The summed E-state index contributed by atoms with van der Waals surface area (Å²) in [7, 11) is 1.95. The Hall–Kier alpha value is -2.66. The van der Waals surface area contributed by atoms with Crippen LogP contribution in [0.2, 0.25) is 0 Å². The van der Waals surface area contributed by atoms with Gasteiger partial charge < -0.3 is 10.2 Å². The molecule has 0 saturated heterocycles. The summed E-state index contributed by atoms with van der Waals surface area (Å²) in [6.45, 7) is 2.00. The van der Waals surface area contributed by atoms with E-state index in [2.05, 4.69) is 26.2 Å². The normalized spacial score (nSPS) is 10.4. The molecule has 0 fully saturated rings. The average molecular weight is 396 g/mol. The molecule has 0 radical (unpaired) electrons. The molecule has 3 aromatic rings. The molecule has 0 bridgehead atoms. The molecule has 1 amide bonds. The van der Waals surface area contributed by atoms with Crippen molar-refractivity contribution in [3.63, 3.8) is 0 Å². The number of rotatable bonds is 4. The molecule has 126 valence electrons. The number of amides is 1. The Morgan fingerprint density at radius 1 is 1.04 bits per heavy atom. The van der Waals surface area contributed by atoms with Gasteiger partial charge in [-0.3, -0.25) is 9.78 Å². The number of nitrogens with zero attached hydrogens (tertiary/aromatic N) is 2. The van der Waals surface area contributed by atoms with E-state index in [4.69, 9.17) is 0 Å². The third-order valence-electron chi connectivity index (χ3n) is 3.95. The first kappa shape index (κ1) is 17.2. The quantitative estimate of drug-likeness (QED) is 0.662. The van der Waals surface area contributed by atoms with Gasteiger partial charge in [0.1, 0.15) is 0 Å². The van der Waals surface area contributed by atoms with E-state index in [1.807, 2.05) is 73.5 Å². The van der Waals surface area contributed by atoms with Gasteiger partial charge in [0.2, 0.25) is 0 Å². The second-order valence-electron chi connectivity index (χ2n) is 5.74. The Labute approximate surface area is 155 Å². The van der Waals surface area contributed by atoms with Crippen LogP contribution >= 0.6 is 15.9 Å². The molecule has 0 spiro atoms. The fourth-order valence-corrected chi connectivity index (χ4v) is 2.79. The van der Waals surface area contributed by atoms with Gasteiger partial charge in [0.05, 0.1) is 17.4 Å². The van der Waals surface area contributed by atoms with Crippen LogP contribution in [0.15, 0.2) is 71.5 Å². The Kier molecular flexibility index (Phi) is 5.14. The minimum atomic E-state index is -0.188. The van der Waals surface area contributed by atoms with Crippen LogP contribution < -0.4 is 10.2 Å². The monoisotopic (exact) mass is 395 g/mol. The highest BCUT2D eigenvalue weighted by molar-refractivity contribution is 9.10. The number of aromatic nitrogens is 1. The third kappa shape index (κ3) is 4.06. The second-order valence-corrected chi connectivity index (χ2v) is 6.60. The molecule has 0 saturated carbocycles. The van der Waals surface area contributed by atoms with Crippen LogP contribution in [0.1, 0.15) is 15.9 Å². The maximum Gasteiger partial charge on any atom is 0.257 e. The number of aryl methyl sites for hydroxylation is 1. The van der Waals surface area contributed by atoms with Crippen molar-refractivity contribution in [2.45, 2.75) is 6.92 Å². The summed E-state index contributed by atoms with van der Waals surface area (Å²) in [5, 5.41) is 2.90. The molecule has 4 nitrogen and oxygen atoms in total. The number of pyridine rings is 1. The molecule has 0 unspecified atom stereocenters. The number of hydrogen-bond donors (Lipinski definition) is 1. The number of nitrogens with one attached hydrogen (secondary N) is 1. The fraction of sp³-hybridized carbons (Fsp3) is 0.100. The van der Waals surface area contributed by atoms with Crippen LogP contribution in [-0.4, -0.2) is 17.9 Å². The molecule has 25 heavy (non-hydrogen) atoms. The summed E-state index contributed by atoms with van der Waals surface area (Å²) >= 11 is 3.48. The van der Waals surface area contributed by atoms with Gasteiger partial charge in [-0.05, 0) is 42.8 Å². The lowest BCUT2D eigenvalue weighted by Gasteiger charge is -2.19. The SMILES string of the molecule is Cc1ccc(NC(=O)c2cncc(N(C)c3ccccc3)c2)cc1Br. The zero-order valence-electron chi connectivity index (χ0n) is 14.0. The van der Waals surface area contributed by atoms with Gasteiger partial charge >= 0.3 is 0 Å². The molecule has 0 aliphatic rings. The number of carbonyl (C=O) groups is 1. The van der Waals surface area contributed by atoms with Crippen molar-refractivity contribution in [2.75, 3.05) is 17.3 Å². The summed E-state index contributed by atoms with van der Waals surface area (Å²) in [5.41, 5.74) is 4.25. The van der Waals surface area contributed by atoms with E-state index in [0.29, 0.717) is 5.56 Å². The molecular weight excluding hydrogens is 378 g/mol. The largest absolute Gasteiger partial charge is 0.343 e. The van der Waals surface area contributed by atoms with Gasteiger partial charge in [-0.15, -0.1) is 0 Å². The van der Waals surface area contributed by atoms with Crippen LogP contribution in [0.3, 0.4) is 0 Å². The summed E-state index contributed by atoms with van der Waals surface area (Å²) in [5.74, 6) is -0.188. The second kappa shape index (κ2) is 7.49. The number of carbonyl (C=O) groups excluding carboxylic acids is 1. The lowest BCUT2D eigenvalue weighted by atomic mass is 10.2. The summed E-state index contributed by atoms with van der Waals surface area (Å²) in [6, 6.07) is 17.5. The smallest absolute Gasteiger partial charge is 0.257 e. The standard InChI is InChI=1S/C20H18BrN3O/c1-14-8-9-16(11-19(14)21)23-20(25)15-10-18(13-22-12-15)24(2)17-6-4-3-5-7-17/h3-13H,1-2H3,(H,23,25). The van der Waals surface area contributed by atoms with E-state index < -0.39 is 0 Å². The maximum absolute atomic E-state index is 12.5. The Morgan fingerprint density at radius 2 is 1.80 bits per heavy atom. The number of hydrogen-bond acceptors (Lipinski definition) is 3. The molecule has 2 aromatic carbocycles. The average Bonchev–Trinajstić information content (AvgIpc) is 2.65. The van der Waals surface area contributed by atoms with Crippen molar-refractivity contribution in [1.82, 2.24) is 4.98 Å². The van der Waals surface area contributed by atoms with Crippen LogP contribution in [0.25, 0.3) is 0 Å². The maximum atomic E-state index is 12.5. The van der Waals surface area contributed by atoms with E-state index >= 15 is 0 Å². The zero-order valence-corrected chi connectivity index (χ0v) is 15.6. The molecule has 1 aromatic heterocycles. The van der Waals surface area contributed by atoms with Gasteiger partial charge in [-0.1, -0.05) is 40.2 Å². The van der Waals surface area contributed by atoms with E-state index in [9.17, 15) is 4.79 Å². The summed E-state index contributed by atoms with van der Waals surface area (Å²) in [6.07, 6.45) is 3.31. The van der Waals surface area contributed by atoms with Crippen LogP contribution in [0, 0.1) is 6.92 Å². The van der Waals surface area contributed by atoms with Gasteiger partial charge in [-0.25, -0.2) is 0 Å². The Morgan fingerprint density at radius 3 is 2.52 bits per heavy atom. The molecule has 1 heterocycles. The first-order chi connectivity index (χ1) is 12.0. The predicted molar refractivity (Wildman–Crippen MR) is 106 cm³/mol. The minimum absolute atomic E-state index is 0.188. The minimum Gasteiger partial charge on any atom is -0.343 e. The van der Waals surface area contributed by atoms with Gasteiger partial charge in [0, 0.05) is 29.1 Å². The topological polar surface area (TPSA) is 45.2 Å². The van der Waals surface area contributed by atoms with E-state index in [-0.39, 0.29) is 5.91 Å². The Bertz CT molecular complexity index is 896. The summed E-state index contributed by atoms with van der Waals surface area (Å²) in [4.78, 5) is 18.7. The zero-order chi connectivity index (χ0) is 17.8. The van der Waals surface area contributed by atoms with Crippen molar-refractivity contribution >= 4 is 38.9 Å². The molecule has 5 heteroatoms. The molecular formula is C20H18BrN3O. The first-order valence-corrected chi connectivity index (χ1v) is 8.65. The van der Waals surface area contributed by atoms with Crippen LogP contribution in [-0.2, 0) is 0 Å². The van der Waals surface area contributed by atoms with Crippen LogP contribution in [0.5, 0.6) is 0 Å². The van der Waals surface area contributed by atoms with Crippen molar-refractivity contribution < 1.29 is 4.79 Å². The first-order valence-electron chi connectivity index (χ1n) is 7.86. The van der Waals surface area contributed by atoms with Gasteiger partial charge in [0.25, 0.3) is 5.91 Å². The molecule has 0 aliphatic carbocycles. The van der Waals surface area contributed by atoms with Gasteiger partial charge in [-0.2, -0.15) is 0 Å². The van der Waals surface area contributed by atoms with Crippen molar-refractivity contribution in [3.8, 4) is 0 Å². The summed E-state index contributed by atoms with van der Waals surface area (Å²) < 4.78 is 0.959. The highest BCUT2D eigenvalue weighted by atomic mass is 79.9. The molecule has 1 N–H and O–H groups in total. The lowest BCUT2D eigenvalue weighted by Crippen LogP contribution is -2.15. The van der Waals surface area contributed by atoms with Crippen molar-refractivity contribution in [3.05, 3.63) is 82.6 Å². The number of para-hydroxylation sites is 1. The van der Waals surface area contributed by atoms with E-state index in [1.165, 1.54) is 0 Å². The molecule has 0 atom stereocenters. The van der Waals surface area contributed by atoms with Crippen molar-refractivity contribution in [2.24, 2.45) is 0 Å². The predicted octanol–water partition coefficient (Wildman–Crippen LogP) is 5.17. The van der Waals surface area contributed by atoms with Gasteiger partial charge in [0.15, 0.2) is 0 Å². The third-order valence-corrected chi connectivity index (χ3v) is 4.80. The van der Waals surface area contributed by atoms with Crippen LogP contribution in [0.4, 0.5) is 17.1 Å². The molecule has 3 rings (SSSR count). The highest BCUT2D eigenvalue weighted by Gasteiger charge is 2.11. The lowest BCUT2D eigenvalue weighted by molar-refractivity contribution is 0.102. The highest BCUT2D eigenvalue weighted by Crippen LogP contribution is 2.24. The van der Waals surface area contributed by atoms with Crippen molar-refractivity contribution in [1.29, 1.82) is 0 Å². The number of benzene rings is 2. The fourth-order valence-electron chi connectivity index (χ4n) is 2.41. The number of halogens is 1.